The van der Waals surface area contributed by atoms with Crippen LogP contribution in [0.4, 0.5) is 0 Å². The summed E-state index contributed by atoms with van der Waals surface area (Å²) in [5.41, 5.74) is 2.13. The van der Waals surface area contributed by atoms with Crippen molar-refractivity contribution in [2.75, 3.05) is 5.34 Å². The minimum atomic E-state index is -0.641. The van der Waals surface area contributed by atoms with E-state index >= 15 is 0 Å². The van der Waals surface area contributed by atoms with Crippen LogP contribution in [0.15, 0.2) is 105 Å². The van der Waals surface area contributed by atoms with Crippen LogP contribution in [0.2, 0.25) is 0 Å². The molecule has 0 aliphatic heterocycles. The van der Waals surface area contributed by atoms with Crippen LogP contribution in [-0.4, -0.2) is 60.0 Å². The van der Waals surface area contributed by atoms with Crippen molar-refractivity contribution >= 4 is 47.4 Å². The predicted octanol–water partition coefficient (Wildman–Crippen LogP) is 2.26. The second-order valence-corrected chi connectivity index (χ2v) is 8.67. The second-order valence-electron chi connectivity index (χ2n) is 7.86. The van der Waals surface area contributed by atoms with Crippen LogP contribution in [0, 0.1) is 0 Å². The number of pyridine rings is 2. The molecule has 0 atom stereocenters. The maximum Gasteiger partial charge on any atom is 2.00 e. The number of alkyl halides is 2. The fraction of sp³-hybridized carbons (Fsp3) is 0.103. The van der Waals surface area contributed by atoms with E-state index in [2.05, 4.69) is 30.4 Å². The zero-order valence-electron chi connectivity index (χ0n) is 22.7. The number of benzene rings is 2. The molecule has 4 N–H and O–H groups in total. The topological polar surface area (TPSA) is 202 Å². The molecule has 4 aromatic rings. The molecule has 0 aliphatic carbocycles. The van der Waals surface area contributed by atoms with Crippen LogP contribution in [0.1, 0.15) is 33.9 Å². The number of aliphatic hydroxyl groups is 2. The number of aromatic nitrogens is 2. The van der Waals surface area contributed by atoms with E-state index in [4.69, 9.17) is 33.4 Å². The average molecular weight is 684 g/mol. The van der Waals surface area contributed by atoms with Gasteiger partial charge in [-0.3, -0.25) is 0 Å². The van der Waals surface area contributed by atoms with Crippen LogP contribution >= 0.6 is 23.2 Å². The molecule has 0 amide bonds. The van der Waals surface area contributed by atoms with Gasteiger partial charge in [0.05, 0.1) is 53.8 Å². The number of hydrogen-bond acceptors (Lipinski definition) is 12. The number of hydrogen-bond donors (Lipinski definition) is 4. The SMILES string of the molecule is ClCCl.[Co+2].[O-]/C(=N\N=C\c1cccc(CO)n1)c1ccccc1O.[O-]/C(=N\N=C\c1cccc(CO)n1)c1ccccc1O. The first kappa shape index (κ1) is 37.7. The van der Waals surface area contributed by atoms with E-state index in [1.54, 1.807) is 60.7 Å². The van der Waals surface area contributed by atoms with Crippen LogP contribution in [0.25, 0.3) is 0 Å². The summed E-state index contributed by atoms with van der Waals surface area (Å²) in [7, 11) is 0. The van der Waals surface area contributed by atoms with Crippen LogP contribution in [0.3, 0.4) is 0 Å². The number of aromatic hydroxyl groups is 2. The largest absolute Gasteiger partial charge is 2.00 e. The van der Waals surface area contributed by atoms with E-state index in [0.29, 0.717) is 22.8 Å². The van der Waals surface area contributed by atoms with Gasteiger partial charge in [-0.1, -0.05) is 48.5 Å². The number of para-hydroxylation sites is 2. The predicted molar refractivity (Wildman–Crippen MR) is 161 cm³/mol. The van der Waals surface area contributed by atoms with Gasteiger partial charge in [0, 0.05) is 22.9 Å². The first-order chi connectivity index (χ1) is 20.8. The van der Waals surface area contributed by atoms with E-state index in [1.807, 2.05) is 0 Å². The quantitative estimate of drug-likeness (QED) is 0.0937. The summed E-state index contributed by atoms with van der Waals surface area (Å²) in [5, 5.41) is 74.6. The van der Waals surface area contributed by atoms with E-state index in [9.17, 15) is 20.4 Å². The van der Waals surface area contributed by atoms with Crippen LogP contribution in [-0.2, 0) is 30.0 Å². The normalized spacial score (nSPS) is 11.3. The molecule has 0 unspecified atom stereocenters. The molecule has 0 saturated carbocycles. The van der Waals surface area contributed by atoms with E-state index in [-0.39, 0.29) is 58.0 Å². The molecule has 0 bridgehead atoms. The minimum Gasteiger partial charge on any atom is -0.857 e. The van der Waals surface area contributed by atoms with Crippen molar-refractivity contribution in [3.05, 3.63) is 119 Å². The van der Waals surface area contributed by atoms with Crippen molar-refractivity contribution in [1.82, 2.24) is 9.97 Å². The molecule has 231 valence electrons. The van der Waals surface area contributed by atoms with Crippen molar-refractivity contribution in [1.29, 1.82) is 0 Å². The Labute approximate surface area is 273 Å². The number of phenolic OH excluding ortho intramolecular Hbond substituents is 2. The first-order valence-corrected chi connectivity index (χ1v) is 13.3. The standard InChI is InChI=1S/2C14H13N3O3.CH2Cl2.Co/c2*18-9-11-5-3-4-10(16-11)8-15-17-14(20)12-6-1-2-7-13(12)19;2-1-3;/h2*1-8,18-19H,9H2,(H,17,20);1H2;/q;;;+2/p-2/b2*15-8+;;. The van der Waals surface area contributed by atoms with Crippen molar-refractivity contribution in [3.8, 4) is 11.5 Å². The minimum absolute atomic E-state index is 0. The van der Waals surface area contributed by atoms with Gasteiger partial charge in [0.1, 0.15) is 11.5 Å². The van der Waals surface area contributed by atoms with Gasteiger partial charge in [0.15, 0.2) is 0 Å². The van der Waals surface area contributed by atoms with E-state index < -0.39 is 11.8 Å². The summed E-state index contributed by atoms with van der Waals surface area (Å²) >= 11 is 9.53. The Hall–Kier alpha value is -4.37. The van der Waals surface area contributed by atoms with Gasteiger partial charge in [0.2, 0.25) is 0 Å². The molecule has 12 nitrogen and oxygen atoms in total. The maximum absolute atomic E-state index is 11.7. The fourth-order valence-electron chi connectivity index (χ4n) is 3.01. The van der Waals surface area contributed by atoms with Gasteiger partial charge in [-0.2, -0.15) is 20.4 Å². The Morgan fingerprint density at radius 2 is 1.00 bits per heavy atom. The molecular weight excluding hydrogens is 658 g/mol. The number of halogens is 2. The van der Waals surface area contributed by atoms with Crippen molar-refractivity contribution in [2.45, 2.75) is 13.2 Å². The number of rotatable bonds is 8. The summed E-state index contributed by atoms with van der Waals surface area (Å²) in [6, 6.07) is 22.3. The Balaban J connectivity index is 0.000000396. The fourth-order valence-corrected chi connectivity index (χ4v) is 3.01. The van der Waals surface area contributed by atoms with Gasteiger partial charge in [0.25, 0.3) is 0 Å². The van der Waals surface area contributed by atoms with E-state index in [1.165, 1.54) is 36.7 Å². The summed E-state index contributed by atoms with van der Waals surface area (Å²) in [5.74, 6) is -1.57. The molecule has 0 aliphatic rings. The molecule has 0 spiro atoms. The van der Waals surface area contributed by atoms with Crippen LogP contribution in [0.5, 0.6) is 11.5 Å². The molecule has 2 heterocycles. The molecule has 2 aromatic carbocycles. The molecular formula is C29H26Cl2CoN6O6. The molecule has 0 fully saturated rings. The monoisotopic (exact) mass is 683 g/mol. The third kappa shape index (κ3) is 13.3. The van der Waals surface area contributed by atoms with Crippen molar-refractivity contribution < 1.29 is 47.4 Å². The van der Waals surface area contributed by atoms with Crippen LogP contribution < -0.4 is 10.2 Å². The zero-order chi connectivity index (χ0) is 31.5. The molecule has 44 heavy (non-hydrogen) atoms. The molecule has 4 rings (SSSR count). The van der Waals surface area contributed by atoms with Crippen molar-refractivity contribution in [3.63, 3.8) is 0 Å². The van der Waals surface area contributed by atoms with E-state index in [0.717, 1.165) is 0 Å². The van der Waals surface area contributed by atoms with Gasteiger partial charge >= 0.3 is 16.8 Å². The average Bonchev–Trinajstić information content (AvgIpc) is 3.02. The second kappa shape index (κ2) is 21.3. The van der Waals surface area contributed by atoms with Crippen molar-refractivity contribution in [2.24, 2.45) is 20.4 Å². The number of nitrogens with zero attached hydrogens (tertiary/aromatic N) is 6. The number of phenols is 2. The molecule has 0 saturated heterocycles. The molecule has 15 heteroatoms. The smallest absolute Gasteiger partial charge is 0.857 e. The summed E-state index contributed by atoms with van der Waals surface area (Å²) < 4.78 is 0. The molecule has 1 radical (unpaired) electrons. The Bertz CT molecular complexity index is 1460. The van der Waals surface area contributed by atoms with Gasteiger partial charge < -0.3 is 30.6 Å². The number of aliphatic hydroxyl groups excluding tert-OH is 2. The van der Waals surface area contributed by atoms with Gasteiger partial charge in [-0.05, 0) is 36.4 Å². The zero-order valence-corrected chi connectivity index (χ0v) is 25.3. The molecule has 2 aromatic heterocycles. The Morgan fingerprint density at radius 3 is 1.34 bits per heavy atom. The third-order valence-corrected chi connectivity index (χ3v) is 4.93. The van der Waals surface area contributed by atoms with Gasteiger partial charge in [-0.25, -0.2) is 9.97 Å². The Kier molecular flexibility index (Phi) is 18.3. The first-order valence-electron chi connectivity index (χ1n) is 12.2. The third-order valence-electron chi connectivity index (χ3n) is 4.93. The Morgan fingerprint density at radius 1 is 0.636 bits per heavy atom. The summed E-state index contributed by atoms with van der Waals surface area (Å²) in [6.45, 7) is -0.342. The summed E-state index contributed by atoms with van der Waals surface area (Å²) in [4.78, 5) is 8.12. The van der Waals surface area contributed by atoms with Gasteiger partial charge in [-0.15, -0.1) is 23.2 Å². The maximum atomic E-state index is 11.7. The summed E-state index contributed by atoms with van der Waals surface area (Å²) in [6.07, 6.45) is 2.61.